The highest BCUT2D eigenvalue weighted by atomic mass is 32.1. The Morgan fingerprint density at radius 2 is 2.18 bits per heavy atom. The minimum Gasteiger partial charge on any atom is -0.444 e. The van der Waals surface area contributed by atoms with Gasteiger partial charge in [-0.3, -0.25) is 0 Å². The molecule has 4 nitrogen and oxygen atoms in total. The summed E-state index contributed by atoms with van der Waals surface area (Å²) in [7, 11) is 0. The standard InChI is InChI=1S/C17H22N2O2S/c1-17(2,3)21-16(20)19-9-7-13(11-19)18-14-6-4-5-12-8-10-22-15(12)14/h4-6,8,10,13,18H,7,9,11H2,1-3H3/t13-/m0/s1. The minimum absolute atomic E-state index is 0.217. The number of carbonyl (C=O) groups is 1. The van der Waals surface area contributed by atoms with Crippen molar-refractivity contribution in [3.05, 3.63) is 29.6 Å². The number of benzene rings is 1. The average molecular weight is 318 g/mol. The first-order valence-corrected chi connectivity index (χ1v) is 8.51. The van der Waals surface area contributed by atoms with Crippen LogP contribution in [0.15, 0.2) is 29.6 Å². The minimum atomic E-state index is -0.439. The molecule has 0 spiro atoms. The van der Waals surface area contributed by atoms with Crippen molar-refractivity contribution in [3.63, 3.8) is 0 Å². The molecule has 22 heavy (non-hydrogen) atoms. The van der Waals surface area contributed by atoms with Crippen molar-refractivity contribution in [2.75, 3.05) is 18.4 Å². The molecule has 0 saturated carbocycles. The molecule has 0 unspecified atom stereocenters. The molecule has 2 aromatic rings. The number of amides is 1. The van der Waals surface area contributed by atoms with Crippen LogP contribution in [0.4, 0.5) is 10.5 Å². The second-order valence-electron chi connectivity index (χ2n) is 6.70. The molecule has 1 aliphatic rings. The summed E-state index contributed by atoms with van der Waals surface area (Å²) in [6, 6.07) is 8.71. The highest BCUT2D eigenvalue weighted by Gasteiger charge is 2.29. The fraction of sp³-hybridized carbons (Fsp3) is 0.471. The number of rotatable bonds is 2. The van der Waals surface area contributed by atoms with Crippen LogP contribution in [0.2, 0.25) is 0 Å². The zero-order valence-corrected chi connectivity index (χ0v) is 14.1. The Balaban J connectivity index is 1.64. The maximum Gasteiger partial charge on any atom is 0.410 e. The Bertz CT molecular complexity index is 675. The van der Waals surface area contributed by atoms with Crippen LogP contribution in [0, 0.1) is 0 Å². The van der Waals surface area contributed by atoms with Crippen molar-refractivity contribution in [2.24, 2.45) is 0 Å². The van der Waals surface area contributed by atoms with Crippen LogP contribution in [-0.4, -0.2) is 35.7 Å². The molecule has 1 atom stereocenters. The Hall–Kier alpha value is -1.75. The Kier molecular flexibility index (Phi) is 4.00. The zero-order chi connectivity index (χ0) is 15.7. The molecule has 1 aromatic heterocycles. The van der Waals surface area contributed by atoms with Gasteiger partial charge in [-0.05, 0) is 50.1 Å². The van der Waals surface area contributed by atoms with Crippen molar-refractivity contribution in [2.45, 2.75) is 38.8 Å². The normalized spacial score (nSPS) is 18.7. The maximum atomic E-state index is 12.1. The van der Waals surface area contributed by atoms with E-state index in [4.69, 9.17) is 4.74 Å². The zero-order valence-electron chi connectivity index (χ0n) is 13.3. The van der Waals surface area contributed by atoms with E-state index in [0.717, 1.165) is 18.7 Å². The number of likely N-dealkylation sites (tertiary alicyclic amines) is 1. The lowest BCUT2D eigenvalue weighted by atomic mass is 10.2. The molecule has 0 aliphatic carbocycles. The molecule has 1 amide bonds. The molecule has 1 aliphatic heterocycles. The summed E-state index contributed by atoms with van der Waals surface area (Å²) < 4.78 is 6.72. The van der Waals surface area contributed by atoms with Crippen LogP contribution in [0.3, 0.4) is 0 Å². The molecule has 3 rings (SSSR count). The summed E-state index contributed by atoms with van der Waals surface area (Å²) in [5, 5.41) is 6.95. The fourth-order valence-electron chi connectivity index (χ4n) is 2.70. The SMILES string of the molecule is CC(C)(C)OC(=O)N1CC[C@H](Nc2cccc3ccsc23)C1. The largest absolute Gasteiger partial charge is 0.444 e. The number of thiophene rings is 1. The molecule has 1 aromatic carbocycles. The van der Waals surface area contributed by atoms with E-state index in [1.54, 1.807) is 16.2 Å². The number of hydrogen-bond acceptors (Lipinski definition) is 4. The topological polar surface area (TPSA) is 41.6 Å². The van der Waals surface area contributed by atoms with Gasteiger partial charge in [0.25, 0.3) is 0 Å². The van der Waals surface area contributed by atoms with E-state index >= 15 is 0 Å². The molecule has 118 valence electrons. The van der Waals surface area contributed by atoms with E-state index in [0.29, 0.717) is 6.54 Å². The number of anilines is 1. The van der Waals surface area contributed by atoms with Gasteiger partial charge in [0.1, 0.15) is 5.60 Å². The number of ether oxygens (including phenoxy) is 1. The van der Waals surface area contributed by atoms with Crippen LogP contribution in [0.1, 0.15) is 27.2 Å². The first kappa shape index (κ1) is 15.2. The number of nitrogens with one attached hydrogen (secondary N) is 1. The Morgan fingerprint density at radius 1 is 1.36 bits per heavy atom. The van der Waals surface area contributed by atoms with Crippen molar-refractivity contribution in [1.29, 1.82) is 0 Å². The van der Waals surface area contributed by atoms with Gasteiger partial charge in [-0.25, -0.2) is 4.79 Å². The third kappa shape index (κ3) is 3.35. The monoisotopic (exact) mass is 318 g/mol. The first-order valence-electron chi connectivity index (χ1n) is 7.63. The molecule has 1 saturated heterocycles. The van der Waals surface area contributed by atoms with Crippen molar-refractivity contribution >= 4 is 33.2 Å². The summed E-state index contributed by atoms with van der Waals surface area (Å²) >= 11 is 1.74. The van der Waals surface area contributed by atoms with Gasteiger partial charge in [-0.1, -0.05) is 12.1 Å². The molecule has 5 heteroatoms. The van der Waals surface area contributed by atoms with Crippen LogP contribution in [0.25, 0.3) is 10.1 Å². The predicted molar refractivity (Wildman–Crippen MR) is 91.7 cm³/mol. The lowest BCUT2D eigenvalue weighted by Crippen LogP contribution is -2.36. The molecule has 1 N–H and O–H groups in total. The number of fused-ring (bicyclic) bond motifs is 1. The highest BCUT2D eigenvalue weighted by Crippen LogP contribution is 2.30. The van der Waals surface area contributed by atoms with Gasteiger partial charge in [0.2, 0.25) is 0 Å². The van der Waals surface area contributed by atoms with E-state index in [9.17, 15) is 4.79 Å². The smallest absolute Gasteiger partial charge is 0.410 e. The summed E-state index contributed by atoms with van der Waals surface area (Å²) in [6.45, 7) is 7.13. The molecule has 1 fully saturated rings. The van der Waals surface area contributed by atoms with Gasteiger partial charge in [-0.15, -0.1) is 11.3 Å². The van der Waals surface area contributed by atoms with E-state index in [1.165, 1.54) is 10.1 Å². The predicted octanol–water partition coefficient (Wildman–Crippen LogP) is 4.32. The van der Waals surface area contributed by atoms with Crippen molar-refractivity contribution < 1.29 is 9.53 Å². The molecular weight excluding hydrogens is 296 g/mol. The van der Waals surface area contributed by atoms with Gasteiger partial charge < -0.3 is 15.0 Å². The number of carbonyl (C=O) groups excluding carboxylic acids is 1. The lowest BCUT2D eigenvalue weighted by Gasteiger charge is -2.24. The average Bonchev–Trinajstić information content (AvgIpc) is 3.05. The van der Waals surface area contributed by atoms with Gasteiger partial charge in [0.15, 0.2) is 0 Å². The third-order valence-corrected chi connectivity index (χ3v) is 4.64. The first-order chi connectivity index (χ1) is 10.4. The summed E-state index contributed by atoms with van der Waals surface area (Å²) in [5.74, 6) is 0. The van der Waals surface area contributed by atoms with Gasteiger partial charge in [0, 0.05) is 19.1 Å². The van der Waals surface area contributed by atoms with Gasteiger partial charge in [-0.2, -0.15) is 0 Å². The molecule has 2 heterocycles. The summed E-state index contributed by atoms with van der Waals surface area (Å²) in [5.41, 5.74) is 0.717. The molecule has 0 bridgehead atoms. The Labute approximate surface area is 135 Å². The number of nitrogens with zero attached hydrogens (tertiary/aromatic N) is 1. The second kappa shape index (κ2) is 5.80. The number of hydrogen-bond donors (Lipinski definition) is 1. The van der Waals surface area contributed by atoms with E-state index in [1.807, 2.05) is 20.8 Å². The summed E-state index contributed by atoms with van der Waals surface area (Å²) in [6.07, 6.45) is 0.729. The highest BCUT2D eigenvalue weighted by molar-refractivity contribution is 7.17. The third-order valence-electron chi connectivity index (χ3n) is 3.68. The quantitative estimate of drug-likeness (QED) is 0.896. The second-order valence-corrected chi connectivity index (χ2v) is 7.62. The van der Waals surface area contributed by atoms with Crippen LogP contribution < -0.4 is 5.32 Å². The van der Waals surface area contributed by atoms with E-state index in [-0.39, 0.29) is 12.1 Å². The van der Waals surface area contributed by atoms with E-state index in [2.05, 4.69) is 35.0 Å². The Morgan fingerprint density at radius 3 is 2.95 bits per heavy atom. The van der Waals surface area contributed by atoms with E-state index < -0.39 is 5.60 Å². The van der Waals surface area contributed by atoms with Crippen LogP contribution in [0.5, 0.6) is 0 Å². The van der Waals surface area contributed by atoms with Crippen LogP contribution >= 0.6 is 11.3 Å². The fourth-order valence-corrected chi connectivity index (χ4v) is 3.57. The van der Waals surface area contributed by atoms with Crippen molar-refractivity contribution in [1.82, 2.24) is 4.90 Å². The van der Waals surface area contributed by atoms with Gasteiger partial charge >= 0.3 is 6.09 Å². The lowest BCUT2D eigenvalue weighted by molar-refractivity contribution is 0.0293. The van der Waals surface area contributed by atoms with Crippen LogP contribution in [-0.2, 0) is 4.74 Å². The van der Waals surface area contributed by atoms with Gasteiger partial charge in [0.05, 0.1) is 10.4 Å². The molecule has 0 radical (unpaired) electrons. The molecular formula is C17H22N2O2S. The van der Waals surface area contributed by atoms with Crippen molar-refractivity contribution in [3.8, 4) is 0 Å². The maximum absolute atomic E-state index is 12.1. The summed E-state index contributed by atoms with van der Waals surface area (Å²) in [4.78, 5) is 13.9.